The fraction of sp³-hybridized carbons (Fsp3) is 0.588. The van der Waals surface area contributed by atoms with Crippen molar-refractivity contribution in [2.75, 3.05) is 25.6 Å². The van der Waals surface area contributed by atoms with Gasteiger partial charge >= 0.3 is 0 Å². The minimum atomic E-state index is -3.14. The summed E-state index contributed by atoms with van der Waals surface area (Å²) >= 11 is 1.71. The van der Waals surface area contributed by atoms with Crippen molar-refractivity contribution in [3.8, 4) is 0 Å². The highest BCUT2D eigenvalue weighted by Crippen LogP contribution is 2.22. The van der Waals surface area contributed by atoms with E-state index in [1.165, 1.54) is 16.7 Å². The van der Waals surface area contributed by atoms with Crippen LogP contribution in [0.15, 0.2) is 28.1 Å². The van der Waals surface area contributed by atoms with Crippen LogP contribution in [0.5, 0.6) is 0 Å². The molecule has 5 nitrogen and oxygen atoms in total. The molecule has 0 fully saturated rings. The van der Waals surface area contributed by atoms with Crippen molar-refractivity contribution in [2.24, 2.45) is 4.99 Å². The molecule has 2 N–H and O–H groups in total. The Morgan fingerprint density at radius 1 is 1.29 bits per heavy atom. The van der Waals surface area contributed by atoms with E-state index in [2.05, 4.69) is 47.0 Å². The van der Waals surface area contributed by atoms with E-state index in [-0.39, 0.29) is 0 Å². The van der Waals surface area contributed by atoms with Crippen LogP contribution in [0.3, 0.4) is 0 Å². The Kier molecular flexibility index (Phi) is 7.60. The minimum absolute atomic E-state index is 0.306. The lowest BCUT2D eigenvalue weighted by atomic mass is 10.1. The third-order valence-electron chi connectivity index (χ3n) is 3.88. The third-order valence-corrected chi connectivity index (χ3v) is 6.85. The summed E-state index contributed by atoms with van der Waals surface area (Å²) in [5.74, 6) is 0.627. The summed E-state index contributed by atoms with van der Waals surface area (Å²) in [6.07, 6.45) is 3.32. The second-order valence-electron chi connectivity index (χ2n) is 6.40. The molecule has 0 aliphatic heterocycles. The van der Waals surface area contributed by atoms with Gasteiger partial charge in [-0.05, 0) is 51.1 Å². The number of sulfone groups is 1. The van der Waals surface area contributed by atoms with Crippen LogP contribution in [0, 0.1) is 6.92 Å². The Labute approximate surface area is 150 Å². The van der Waals surface area contributed by atoms with Gasteiger partial charge in [-0.1, -0.05) is 12.1 Å². The molecule has 7 heteroatoms. The fourth-order valence-electron chi connectivity index (χ4n) is 1.92. The fourth-order valence-corrected chi connectivity index (χ4v) is 2.95. The number of hydrogen-bond acceptors (Lipinski definition) is 4. The molecule has 0 amide bonds. The van der Waals surface area contributed by atoms with Crippen molar-refractivity contribution >= 4 is 27.6 Å². The minimum Gasteiger partial charge on any atom is -0.357 e. The first-order valence-electron chi connectivity index (χ1n) is 7.96. The van der Waals surface area contributed by atoms with E-state index in [0.29, 0.717) is 25.6 Å². The van der Waals surface area contributed by atoms with Gasteiger partial charge in [0.05, 0.1) is 11.3 Å². The average molecular weight is 372 g/mol. The molecule has 0 saturated heterocycles. The average Bonchev–Trinajstić information content (AvgIpc) is 2.49. The zero-order valence-corrected chi connectivity index (χ0v) is 17.1. The van der Waals surface area contributed by atoms with Crippen molar-refractivity contribution < 1.29 is 8.42 Å². The molecule has 0 heterocycles. The zero-order valence-electron chi connectivity index (χ0n) is 15.4. The first-order chi connectivity index (χ1) is 11.1. The molecule has 0 unspecified atom stereocenters. The number of aliphatic imine (C=N–C) groups is 1. The summed E-state index contributed by atoms with van der Waals surface area (Å²) in [4.78, 5) is 5.81. The SMILES string of the molecule is CCNC(=NCc1ccc(C)cc1SC)NCC(C)(C)S(C)(=O)=O. The van der Waals surface area contributed by atoms with E-state index in [9.17, 15) is 8.42 Å². The van der Waals surface area contributed by atoms with Gasteiger partial charge in [0.25, 0.3) is 0 Å². The lowest BCUT2D eigenvalue weighted by molar-refractivity contribution is 0.544. The lowest BCUT2D eigenvalue weighted by Crippen LogP contribution is -2.47. The number of guanidine groups is 1. The first kappa shape index (κ1) is 20.8. The molecule has 1 aromatic rings. The van der Waals surface area contributed by atoms with E-state index < -0.39 is 14.6 Å². The van der Waals surface area contributed by atoms with Gasteiger partial charge in [-0.3, -0.25) is 0 Å². The smallest absolute Gasteiger partial charge is 0.191 e. The Morgan fingerprint density at radius 2 is 1.96 bits per heavy atom. The lowest BCUT2D eigenvalue weighted by Gasteiger charge is -2.24. The maximum atomic E-state index is 11.8. The van der Waals surface area contributed by atoms with Crippen molar-refractivity contribution in [3.63, 3.8) is 0 Å². The van der Waals surface area contributed by atoms with Crippen LogP contribution in [0.4, 0.5) is 0 Å². The predicted molar refractivity (Wildman–Crippen MR) is 105 cm³/mol. The van der Waals surface area contributed by atoms with Gasteiger partial charge in [0.2, 0.25) is 0 Å². The van der Waals surface area contributed by atoms with E-state index in [4.69, 9.17) is 0 Å². The summed E-state index contributed by atoms with van der Waals surface area (Å²) in [5.41, 5.74) is 2.39. The molecule has 136 valence electrons. The number of thioether (sulfide) groups is 1. The quantitative estimate of drug-likeness (QED) is 0.438. The molecule has 0 atom stereocenters. The van der Waals surface area contributed by atoms with Crippen molar-refractivity contribution in [1.82, 2.24) is 10.6 Å². The van der Waals surface area contributed by atoms with Crippen molar-refractivity contribution in [2.45, 2.75) is 43.9 Å². The van der Waals surface area contributed by atoms with Gasteiger partial charge in [0, 0.05) is 24.2 Å². The topological polar surface area (TPSA) is 70.6 Å². The summed E-state index contributed by atoms with van der Waals surface area (Å²) < 4.78 is 22.8. The van der Waals surface area contributed by atoms with Gasteiger partial charge in [0.1, 0.15) is 0 Å². The van der Waals surface area contributed by atoms with E-state index in [1.807, 2.05) is 6.92 Å². The molecule has 0 aromatic heterocycles. The van der Waals surface area contributed by atoms with Crippen LogP contribution >= 0.6 is 11.8 Å². The number of rotatable bonds is 7. The molecule has 1 rings (SSSR count). The molecule has 0 radical (unpaired) electrons. The Balaban J connectivity index is 2.87. The summed E-state index contributed by atoms with van der Waals surface area (Å²) in [5, 5.41) is 6.30. The number of benzene rings is 1. The van der Waals surface area contributed by atoms with Gasteiger partial charge in [-0.2, -0.15) is 0 Å². The third kappa shape index (κ3) is 6.02. The molecule has 0 aliphatic rings. The normalized spacial score (nSPS) is 13.0. The first-order valence-corrected chi connectivity index (χ1v) is 11.1. The number of aryl methyl sites for hydroxylation is 1. The van der Waals surface area contributed by atoms with E-state index in [1.54, 1.807) is 25.6 Å². The van der Waals surface area contributed by atoms with Crippen molar-refractivity contribution in [3.05, 3.63) is 29.3 Å². The monoisotopic (exact) mass is 371 g/mol. The van der Waals surface area contributed by atoms with Crippen LogP contribution in [0.2, 0.25) is 0 Å². The Bertz CT molecular complexity index is 683. The summed E-state index contributed by atoms with van der Waals surface area (Å²) in [7, 11) is -3.14. The maximum absolute atomic E-state index is 11.8. The van der Waals surface area contributed by atoms with Crippen LogP contribution in [0.1, 0.15) is 31.9 Å². The number of nitrogens with one attached hydrogen (secondary N) is 2. The van der Waals surface area contributed by atoms with Crippen LogP contribution < -0.4 is 10.6 Å². The standard InChI is InChI=1S/C17H29N3O2S2/c1-7-18-16(20-12-17(3,4)24(6,21)22)19-11-14-9-8-13(2)10-15(14)23-5/h8-10H,7,11-12H2,1-6H3,(H2,18,19,20). The summed E-state index contributed by atoms with van der Waals surface area (Å²) in [6.45, 7) is 9.06. The van der Waals surface area contributed by atoms with E-state index in [0.717, 1.165) is 5.56 Å². The van der Waals surface area contributed by atoms with Crippen LogP contribution in [-0.4, -0.2) is 44.7 Å². The largest absolute Gasteiger partial charge is 0.357 e. The molecule has 0 aliphatic carbocycles. The molecule has 0 bridgehead atoms. The van der Waals surface area contributed by atoms with E-state index >= 15 is 0 Å². The zero-order chi connectivity index (χ0) is 18.4. The van der Waals surface area contributed by atoms with Crippen LogP contribution in [0.25, 0.3) is 0 Å². The van der Waals surface area contributed by atoms with Gasteiger partial charge in [0.15, 0.2) is 15.8 Å². The van der Waals surface area contributed by atoms with Crippen LogP contribution in [-0.2, 0) is 16.4 Å². The molecular weight excluding hydrogens is 342 g/mol. The Morgan fingerprint density at radius 3 is 2.50 bits per heavy atom. The van der Waals surface area contributed by atoms with Gasteiger partial charge < -0.3 is 10.6 Å². The Hall–Kier alpha value is -1.21. The maximum Gasteiger partial charge on any atom is 0.191 e. The second kappa shape index (κ2) is 8.76. The molecule has 0 saturated carbocycles. The molecule has 0 spiro atoms. The predicted octanol–water partition coefficient (Wildman–Crippen LogP) is 2.60. The van der Waals surface area contributed by atoms with Gasteiger partial charge in [-0.25, -0.2) is 13.4 Å². The van der Waals surface area contributed by atoms with Gasteiger partial charge in [-0.15, -0.1) is 11.8 Å². The number of nitrogens with zero attached hydrogens (tertiary/aromatic N) is 1. The highest BCUT2D eigenvalue weighted by atomic mass is 32.2. The molecule has 24 heavy (non-hydrogen) atoms. The highest BCUT2D eigenvalue weighted by molar-refractivity contribution is 7.98. The molecule has 1 aromatic carbocycles. The summed E-state index contributed by atoms with van der Waals surface area (Å²) in [6, 6.07) is 6.33. The highest BCUT2D eigenvalue weighted by Gasteiger charge is 2.30. The molecular formula is C17H29N3O2S2. The van der Waals surface area contributed by atoms with Crippen molar-refractivity contribution in [1.29, 1.82) is 0 Å². The number of hydrogen-bond donors (Lipinski definition) is 2. The second-order valence-corrected chi connectivity index (χ2v) is 9.89.